The average molecular weight is 308 g/mol. The number of nitrogens with one attached hydrogen (secondary N) is 1. The molecule has 1 aromatic rings. The van der Waals surface area contributed by atoms with Crippen LogP contribution in [0.25, 0.3) is 0 Å². The second-order valence-corrected chi connectivity index (χ2v) is 6.21. The van der Waals surface area contributed by atoms with E-state index >= 15 is 0 Å². The Labute approximate surface area is 130 Å². The molecule has 1 rings (SSSR count). The van der Waals surface area contributed by atoms with Gasteiger partial charge in [-0.05, 0) is 24.3 Å². The zero-order valence-corrected chi connectivity index (χ0v) is 13.7. The summed E-state index contributed by atoms with van der Waals surface area (Å²) in [4.78, 5) is 35.8. The maximum absolute atomic E-state index is 12.5. The molecule has 0 fully saturated rings. The summed E-state index contributed by atoms with van der Waals surface area (Å²) in [6.45, 7) is 8.93. The van der Waals surface area contributed by atoms with Gasteiger partial charge in [0.1, 0.15) is 12.1 Å². The van der Waals surface area contributed by atoms with Crippen LogP contribution in [-0.4, -0.2) is 27.6 Å². The molecule has 6 nitrogen and oxygen atoms in total. The van der Waals surface area contributed by atoms with E-state index in [-0.39, 0.29) is 17.4 Å². The lowest BCUT2D eigenvalue weighted by Crippen LogP contribution is -2.49. The van der Waals surface area contributed by atoms with Crippen molar-refractivity contribution in [1.29, 1.82) is 0 Å². The zero-order valence-electron chi connectivity index (χ0n) is 13.7. The molecule has 0 saturated heterocycles. The fourth-order valence-corrected chi connectivity index (χ4v) is 2.33. The maximum Gasteiger partial charge on any atom is 0.326 e. The van der Waals surface area contributed by atoms with Crippen LogP contribution in [0.3, 0.4) is 0 Å². The number of rotatable bonds is 6. The lowest BCUT2D eigenvalue weighted by atomic mass is 10.00. The highest BCUT2D eigenvalue weighted by Gasteiger charge is 2.30. The summed E-state index contributed by atoms with van der Waals surface area (Å²) in [5.74, 6) is -1.93. The van der Waals surface area contributed by atoms with Crippen molar-refractivity contribution in [3.63, 3.8) is 0 Å². The van der Waals surface area contributed by atoms with Crippen molar-refractivity contribution >= 4 is 11.9 Å². The van der Waals surface area contributed by atoms with E-state index in [4.69, 9.17) is 0 Å². The van der Waals surface area contributed by atoms with Gasteiger partial charge in [0.2, 0.25) is 5.91 Å². The van der Waals surface area contributed by atoms with E-state index < -0.39 is 24.0 Å². The van der Waals surface area contributed by atoms with Crippen LogP contribution in [0.1, 0.15) is 39.3 Å². The maximum atomic E-state index is 12.5. The minimum absolute atomic E-state index is 0.152. The molecule has 0 aliphatic heterocycles. The summed E-state index contributed by atoms with van der Waals surface area (Å²) in [6, 6.07) is 1.37. The standard InChI is InChI=1S/C16H24N2O4/c1-9(2)13(16(21)22)17-15(20)14(10(3)4)18-8-11(5)6-7-12(18)19/h6-10,13-14H,1-5H3,(H,17,20)(H,21,22). The van der Waals surface area contributed by atoms with E-state index in [2.05, 4.69) is 5.32 Å². The first-order valence-electron chi connectivity index (χ1n) is 7.37. The molecule has 0 spiro atoms. The van der Waals surface area contributed by atoms with E-state index in [0.717, 1.165) is 5.56 Å². The fraction of sp³-hybridized carbons (Fsp3) is 0.562. The van der Waals surface area contributed by atoms with Crippen LogP contribution in [0, 0.1) is 18.8 Å². The van der Waals surface area contributed by atoms with Gasteiger partial charge in [-0.2, -0.15) is 0 Å². The first-order chi connectivity index (χ1) is 10.1. The number of carbonyl (C=O) groups is 2. The average Bonchev–Trinajstić information content (AvgIpc) is 2.39. The number of aromatic nitrogens is 1. The summed E-state index contributed by atoms with van der Waals surface area (Å²) in [5, 5.41) is 11.7. The van der Waals surface area contributed by atoms with Crippen molar-refractivity contribution in [2.45, 2.75) is 46.7 Å². The normalized spacial score (nSPS) is 14.0. The second kappa shape index (κ2) is 7.24. The Kier molecular flexibility index (Phi) is 5.91. The fourth-order valence-electron chi connectivity index (χ4n) is 2.33. The molecule has 2 N–H and O–H groups in total. The highest BCUT2D eigenvalue weighted by atomic mass is 16.4. The Morgan fingerprint density at radius 3 is 2.18 bits per heavy atom. The van der Waals surface area contributed by atoms with Gasteiger partial charge in [0.25, 0.3) is 5.56 Å². The highest BCUT2D eigenvalue weighted by Crippen LogP contribution is 2.17. The third kappa shape index (κ3) is 4.19. The van der Waals surface area contributed by atoms with E-state index in [1.54, 1.807) is 26.1 Å². The molecule has 0 aliphatic carbocycles. The van der Waals surface area contributed by atoms with Crippen molar-refractivity contribution in [1.82, 2.24) is 9.88 Å². The monoisotopic (exact) mass is 308 g/mol. The molecular weight excluding hydrogens is 284 g/mol. The van der Waals surface area contributed by atoms with Crippen LogP contribution in [0.4, 0.5) is 0 Å². The zero-order chi connectivity index (χ0) is 17.0. The smallest absolute Gasteiger partial charge is 0.326 e. The van der Waals surface area contributed by atoms with Gasteiger partial charge in [-0.25, -0.2) is 4.79 Å². The number of aryl methyl sites for hydroxylation is 1. The third-order valence-corrected chi connectivity index (χ3v) is 3.52. The number of aliphatic carboxylic acids is 1. The van der Waals surface area contributed by atoms with Crippen molar-refractivity contribution in [2.24, 2.45) is 11.8 Å². The molecule has 0 aliphatic rings. The van der Waals surface area contributed by atoms with E-state index in [1.807, 2.05) is 20.8 Å². The minimum Gasteiger partial charge on any atom is -0.480 e. The Hall–Kier alpha value is -2.11. The van der Waals surface area contributed by atoms with Crippen LogP contribution < -0.4 is 10.9 Å². The van der Waals surface area contributed by atoms with Gasteiger partial charge in [0, 0.05) is 12.3 Å². The number of nitrogens with zero attached hydrogens (tertiary/aromatic N) is 1. The quantitative estimate of drug-likeness (QED) is 0.835. The lowest BCUT2D eigenvalue weighted by Gasteiger charge is -2.26. The molecule has 2 unspecified atom stereocenters. The molecule has 1 amide bonds. The molecule has 22 heavy (non-hydrogen) atoms. The molecule has 0 saturated carbocycles. The SMILES string of the molecule is Cc1ccc(=O)n(C(C(=O)NC(C(=O)O)C(C)C)C(C)C)c1. The predicted molar refractivity (Wildman–Crippen MR) is 83.7 cm³/mol. The largest absolute Gasteiger partial charge is 0.480 e. The molecule has 0 radical (unpaired) electrons. The number of pyridine rings is 1. The molecule has 1 aromatic heterocycles. The van der Waals surface area contributed by atoms with E-state index in [1.165, 1.54) is 10.6 Å². The van der Waals surface area contributed by atoms with Crippen LogP contribution in [-0.2, 0) is 9.59 Å². The highest BCUT2D eigenvalue weighted by molar-refractivity contribution is 5.86. The Morgan fingerprint density at radius 1 is 1.14 bits per heavy atom. The van der Waals surface area contributed by atoms with Gasteiger partial charge in [0.05, 0.1) is 0 Å². The summed E-state index contributed by atoms with van der Waals surface area (Å²) in [5.41, 5.74) is 0.576. The van der Waals surface area contributed by atoms with Gasteiger partial charge >= 0.3 is 5.97 Å². The van der Waals surface area contributed by atoms with Crippen LogP contribution in [0.2, 0.25) is 0 Å². The Balaban J connectivity index is 3.15. The van der Waals surface area contributed by atoms with Gasteiger partial charge in [0.15, 0.2) is 0 Å². The summed E-state index contributed by atoms with van der Waals surface area (Å²) < 4.78 is 1.37. The minimum atomic E-state index is -1.08. The van der Waals surface area contributed by atoms with Gasteiger partial charge in [-0.15, -0.1) is 0 Å². The van der Waals surface area contributed by atoms with Gasteiger partial charge < -0.3 is 15.0 Å². The topological polar surface area (TPSA) is 88.4 Å². The van der Waals surface area contributed by atoms with Crippen LogP contribution >= 0.6 is 0 Å². The number of carboxylic acid groups (broad SMARTS) is 1. The molecule has 0 bridgehead atoms. The first-order valence-corrected chi connectivity index (χ1v) is 7.37. The number of amides is 1. The van der Waals surface area contributed by atoms with Crippen LogP contribution in [0.15, 0.2) is 23.1 Å². The number of carbonyl (C=O) groups excluding carboxylic acids is 1. The van der Waals surface area contributed by atoms with Gasteiger partial charge in [-0.3, -0.25) is 9.59 Å². The van der Waals surface area contributed by atoms with Crippen molar-refractivity contribution < 1.29 is 14.7 Å². The van der Waals surface area contributed by atoms with Crippen molar-refractivity contribution in [2.75, 3.05) is 0 Å². The van der Waals surface area contributed by atoms with E-state index in [9.17, 15) is 19.5 Å². The molecule has 0 aromatic carbocycles. The summed E-state index contributed by atoms with van der Waals surface area (Å²) in [6.07, 6.45) is 1.62. The summed E-state index contributed by atoms with van der Waals surface area (Å²) >= 11 is 0. The number of carboxylic acids is 1. The van der Waals surface area contributed by atoms with E-state index in [0.29, 0.717) is 0 Å². The first kappa shape index (κ1) is 17.9. The Morgan fingerprint density at radius 2 is 1.73 bits per heavy atom. The molecule has 2 atom stereocenters. The van der Waals surface area contributed by atoms with Crippen LogP contribution in [0.5, 0.6) is 0 Å². The van der Waals surface area contributed by atoms with Crippen molar-refractivity contribution in [3.8, 4) is 0 Å². The van der Waals surface area contributed by atoms with Gasteiger partial charge in [-0.1, -0.05) is 33.8 Å². The van der Waals surface area contributed by atoms with Crippen molar-refractivity contribution in [3.05, 3.63) is 34.2 Å². The molecule has 6 heteroatoms. The summed E-state index contributed by atoms with van der Waals surface area (Å²) in [7, 11) is 0. The molecular formula is C16H24N2O4. The molecule has 122 valence electrons. The number of hydrogen-bond acceptors (Lipinski definition) is 3. The second-order valence-electron chi connectivity index (χ2n) is 6.21. The number of hydrogen-bond donors (Lipinski definition) is 2. The third-order valence-electron chi connectivity index (χ3n) is 3.52. The predicted octanol–water partition coefficient (Wildman–Crippen LogP) is 1.58. The lowest BCUT2D eigenvalue weighted by molar-refractivity contribution is -0.143. The Bertz CT molecular complexity index is 604. The molecule has 1 heterocycles.